The molecule has 0 bridgehead atoms. The standard InChI is InChI=1S/C6H2BrIN2S2/c7-4-1-3(2-11-4)5-9-6(8)10-12-5/h1-2H. The average molecular weight is 373 g/mol. The molecule has 0 spiro atoms. The molecule has 0 fully saturated rings. The van der Waals surface area contributed by atoms with Crippen molar-refractivity contribution in [2.24, 2.45) is 0 Å². The lowest BCUT2D eigenvalue weighted by Gasteiger charge is -1.83. The largest absolute Gasteiger partial charge is 0.210 e. The summed E-state index contributed by atoms with van der Waals surface area (Å²) in [5, 5.41) is 3.06. The molecule has 2 aromatic rings. The Hall–Kier alpha value is 0.470. The number of hydrogen-bond donors (Lipinski definition) is 0. The van der Waals surface area contributed by atoms with Crippen LogP contribution < -0.4 is 0 Å². The van der Waals surface area contributed by atoms with Crippen LogP contribution in [-0.2, 0) is 0 Å². The van der Waals surface area contributed by atoms with Gasteiger partial charge in [-0.2, -0.15) is 4.37 Å². The predicted molar refractivity (Wildman–Crippen MR) is 63.6 cm³/mol. The van der Waals surface area contributed by atoms with E-state index in [2.05, 4.69) is 59.3 Å². The maximum Gasteiger partial charge on any atom is 0.203 e. The number of thiophene rings is 1. The van der Waals surface area contributed by atoms with E-state index in [4.69, 9.17) is 0 Å². The summed E-state index contributed by atoms with van der Waals surface area (Å²) in [6, 6.07) is 2.06. The average Bonchev–Trinajstić information content (AvgIpc) is 2.58. The van der Waals surface area contributed by atoms with E-state index in [1.54, 1.807) is 11.3 Å². The molecule has 0 atom stereocenters. The van der Waals surface area contributed by atoms with E-state index in [9.17, 15) is 0 Å². The first-order valence-electron chi connectivity index (χ1n) is 2.99. The zero-order chi connectivity index (χ0) is 8.55. The summed E-state index contributed by atoms with van der Waals surface area (Å²) in [5.41, 5.74) is 1.15. The first-order valence-corrected chi connectivity index (χ1v) is 6.52. The SMILES string of the molecule is Brc1cc(-c2nc(I)ns2)cs1. The summed E-state index contributed by atoms with van der Waals surface area (Å²) in [7, 11) is 0. The lowest BCUT2D eigenvalue weighted by molar-refractivity contribution is 1.25. The van der Waals surface area contributed by atoms with Gasteiger partial charge < -0.3 is 0 Å². The summed E-state index contributed by atoms with van der Waals surface area (Å²) in [6.45, 7) is 0. The molecule has 0 saturated heterocycles. The maximum absolute atomic E-state index is 4.27. The predicted octanol–water partition coefficient (Wildman–Crippen LogP) is 3.63. The Morgan fingerprint density at radius 3 is 2.83 bits per heavy atom. The molecule has 0 N–H and O–H groups in total. The monoisotopic (exact) mass is 372 g/mol. The van der Waals surface area contributed by atoms with Crippen LogP contribution >= 0.6 is 61.4 Å². The van der Waals surface area contributed by atoms with Gasteiger partial charge in [-0.1, -0.05) is 0 Å². The van der Waals surface area contributed by atoms with Crippen molar-refractivity contribution in [3.8, 4) is 10.6 Å². The molecular formula is C6H2BrIN2S2. The lowest BCUT2D eigenvalue weighted by Crippen LogP contribution is -1.72. The third-order valence-corrected chi connectivity index (χ3v) is 4.29. The number of aromatic nitrogens is 2. The van der Waals surface area contributed by atoms with E-state index >= 15 is 0 Å². The van der Waals surface area contributed by atoms with Gasteiger partial charge in [0.1, 0.15) is 5.01 Å². The van der Waals surface area contributed by atoms with E-state index < -0.39 is 0 Å². The summed E-state index contributed by atoms with van der Waals surface area (Å²) >= 11 is 8.62. The minimum absolute atomic E-state index is 0.815. The van der Waals surface area contributed by atoms with Crippen molar-refractivity contribution in [1.82, 2.24) is 9.36 Å². The van der Waals surface area contributed by atoms with Gasteiger partial charge in [0.15, 0.2) is 0 Å². The number of nitrogens with zero attached hydrogens (tertiary/aromatic N) is 2. The summed E-state index contributed by atoms with van der Waals surface area (Å²) < 4.78 is 6.05. The second-order valence-electron chi connectivity index (χ2n) is 2.01. The zero-order valence-corrected chi connectivity index (χ0v) is 11.0. The van der Waals surface area contributed by atoms with Gasteiger partial charge in [-0.25, -0.2) is 4.98 Å². The normalized spacial score (nSPS) is 10.5. The molecule has 0 amide bonds. The van der Waals surface area contributed by atoms with Gasteiger partial charge in [-0.3, -0.25) is 0 Å². The Labute approximate surface area is 99.5 Å². The first kappa shape index (κ1) is 9.04. The van der Waals surface area contributed by atoms with E-state index in [1.807, 2.05) is 0 Å². The van der Waals surface area contributed by atoms with Crippen LogP contribution in [0.25, 0.3) is 10.6 Å². The van der Waals surface area contributed by atoms with Crippen molar-refractivity contribution in [2.75, 3.05) is 0 Å². The van der Waals surface area contributed by atoms with Crippen LogP contribution in [0.15, 0.2) is 15.2 Å². The molecule has 2 nitrogen and oxygen atoms in total. The molecule has 0 aliphatic heterocycles. The number of rotatable bonds is 1. The zero-order valence-electron chi connectivity index (χ0n) is 5.62. The highest BCUT2D eigenvalue weighted by atomic mass is 127. The highest BCUT2D eigenvalue weighted by Crippen LogP contribution is 2.29. The van der Waals surface area contributed by atoms with Gasteiger partial charge in [-0.15, -0.1) is 11.3 Å². The lowest BCUT2D eigenvalue weighted by atomic mass is 10.4. The first-order chi connectivity index (χ1) is 5.75. The minimum atomic E-state index is 0.815. The third-order valence-electron chi connectivity index (χ3n) is 1.22. The smallest absolute Gasteiger partial charge is 0.203 e. The quantitative estimate of drug-likeness (QED) is 0.714. The molecule has 0 aliphatic rings. The van der Waals surface area contributed by atoms with Crippen LogP contribution in [0, 0.1) is 3.83 Å². The van der Waals surface area contributed by atoms with Gasteiger partial charge in [0, 0.05) is 33.5 Å². The Morgan fingerprint density at radius 2 is 2.33 bits per heavy atom. The second kappa shape index (κ2) is 3.69. The van der Waals surface area contributed by atoms with Crippen molar-refractivity contribution in [2.45, 2.75) is 0 Å². The van der Waals surface area contributed by atoms with Crippen LogP contribution in [0.4, 0.5) is 0 Å². The van der Waals surface area contributed by atoms with Gasteiger partial charge in [0.05, 0.1) is 3.79 Å². The summed E-state index contributed by atoms with van der Waals surface area (Å²) in [6.07, 6.45) is 0. The van der Waals surface area contributed by atoms with Crippen molar-refractivity contribution in [1.29, 1.82) is 0 Å². The van der Waals surface area contributed by atoms with Gasteiger partial charge in [-0.05, 0) is 33.5 Å². The minimum Gasteiger partial charge on any atom is -0.210 e. The van der Waals surface area contributed by atoms with Crippen molar-refractivity contribution in [3.63, 3.8) is 0 Å². The second-order valence-corrected chi connectivity index (χ2v) is 6.02. The molecule has 0 aromatic carbocycles. The molecule has 2 rings (SSSR count). The topological polar surface area (TPSA) is 25.8 Å². The maximum atomic E-state index is 4.27. The third kappa shape index (κ3) is 1.86. The fourth-order valence-electron chi connectivity index (χ4n) is 0.745. The van der Waals surface area contributed by atoms with Crippen molar-refractivity contribution in [3.05, 3.63) is 19.1 Å². The van der Waals surface area contributed by atoms with Crippen molar-refractivity contribution >= 4 is 61.4 Å². The molecule has 0 radical (unpaired) electrons. The Bertz CT molecular complexity index is 359. The molecular weight excluding hydrogens is 371 g/mol. The highest BCUT2D eigenvalue weighted by Gasteiger charge is 2.05. The van der Waals surface area contributed by atoms with Gasteiger partial charge in [0.2, 0.25) is 3.83 Å². The van der Waals surface area contributed by atoms with Crippen LogP contribution in [0.1, 0.15) is 0 Å². The van der Waals surface area contributed by atoms with Crippen LogP contribution in [-0.4, -0.2) is 9.36 Å². The molecule has 62 valence electrons. The van der Waals surface area contributed by atoms with Gasteiger partial charge in [0.25, 0.3) is 0 Å². The van der Waals surface area contributed by atoms with Crippen LogP contribution in [0.5, 0.6) is 0 Å². The molecule has 6 heteroatoms. The summed E-state index contributed by atoms with van der Waals surface area (Å²) in [4.78, 5) is 4.27. The van der Waals surface area contributed by atoms with E-state index in [-0.39, 0.29) is 0 Å². The molecule has 0 aliphatic carbocycles. The van der Waals surface area contributed by atoms with E-state index in [0.29, 0.717) is 0 Å². The number of hydrogen-bond acceptors (Lipinski definition) is 4. The van der Waals surface area contributed by atoms with E-state index in [1.165, 1.54) is 11.5 Å². The van der Waals surface area contributed by atoms with Crippen molar-refractivity contribution < 1.29 is 0 Å². The Kier molecular flexibility index (Phi) is 2.78. The van der Waals surface area contributed by atoms with E-state index in [0.717, 1.165) is 18.2 Å². The fourth-order valence-corrected chi connectivity index (χ4v) is 3.21. The highest BCUT2D eigenvalue weighted by molar-refractivity contribution is 14.1. The van der Waals surface area contributed by atoms with Gasteiger partial charge >= 0.3 is 0 Å². The molecule has 2 aromatic heterocycles. The number of halogens is 2. The Balaban J connectivity index is 2.43. The fraction of sp³-hybridized carbons (Fsp3) is 0. The summed E-state index contributed by atoms with van der Waals surface area (Å²) in [5.74, 6) is 0. The molecule has 0 unspecified atom stereocenters. The van der Waals surface area contributed by atoms with Crippen LogP contribution in [0.2, 0.25) is 0 Å². The van der Waals surface area contributed by atoms with Crippen LogP contribution in [0.3, 0.4) is 0 Å². The molecule has 12 heavy (non-hydrogen) atoms. The molecule has 2 heterocycles. The Morgan fingerprint density at radius 1 is 1.50 bits per heavy atom. The molecule has 0 saturated carbocycles.